The van der Waals surface area contributed by atoms with Gasteiger partial charge in [0.25, 0.3) is 0 Å². The average Bonchev–Trinajstić information content (AvgIpc) is 2.87. The smallest absolute Gasteiger partial charge is 0.191 e. The molecular formula is C16H26IN5S. The van der Waals surface area contributed by atoms with Gasteiger partial charge in [-0.05, 0) is 37.0 Å². The lowest BCUT2D eigenvalue weighted by Gasteiger charge is -2.11. The number of rotatable bonds is 7. The number of benzene rings is 1. The highest BCUT2D eigenvalue weighted by Gasteiger charge is 2.07. The highest BCUT2D eigenvalue weighted by atomic mass is 127. The summed E-state index contributed by atoms with van der Waals surface area (Å²) < 4.78 is 2.12. The number of para-hydroxylation sites is 2. The molecule has 7 heteroatoms. The fourth-order valence-corrected chi connectivity index (χ4v) is 2.81. The summed E-state index contributed by atoms with van der Waals surface area (Å²) in [5.74, 6) is 3.05. The Labute approximate surface area is 159 Å². The number of nitrogens with zero attached hydrogens (tertiary/aromatic N) is 3. The van der Waals surface area contributed by atoms with E-state index >= 15 is 0 Å². The van der Waals surface area contributed by atoms with Crippen molar-refractivity contribution >= 4 is 52.7 Å². The van der Waals surface area contributed by atoms with Gasteiger partial charge >= 0.3 is 0 Å². The minimum atomic E-state index is 0. The number of unbranched alkanes of at least 4 members (excludes halogenated alkanes) is 1. The van der Waals surface area contributed by atoms with Crippen LogP contribution in [0.3, 0.4) is 0 Å². The van der Waals surface area contributed by atoms with Gasteiger partial charge in [0, 0.05) is 20.6 Å². The van der Waals surface area contributed by atoms with Gasteiger partial charge in [-0.1, -0.05) is 12.1 Å². The summed E-state index contributed by atoms with van der Waals surface area (Å²) in [5, 5.41) is 6.67. The number of aromatic nitrogens is 2. The summed E-state index contributed by atoms with van der Waals surface area (Å²) in [6, 6.07) is 8.18. The minimum absolute atomic E-state index is 0. The predicted molar refractivity (Wildman–Crippen MR) is 112 cm³/mol. The molecular weight excluding hydrogens is 421 g/mol. The van der Waals surface area contributed by atoms with Crippen molar-refractivity contribution in [3.63, 3.8) is 0 Å². The third kappa shape index (κ3) is 5.87. The molecule has 0 bridgehead atoms. The maximum Gasteiger partial charge on any atom is 0.191 e. The van der Waals surface area contributed by atoms with E-state index in [9.17, 15) is 0 Å². The molecule has 1 aromatic heterocycles. The molecule has 0 aliphatic heterocycles. The molecule has 2 aromatic rings. The van der Waals surface area contributed by atoms with Gasteiger partial charge in [-0.2, -0.15) is 11.8 Å². The number of imidazole rings is 1. The van der Waals surface area contributed by atoms with Crippen LogP contribution >= 0.6 is 35.7 Å². The van der Waals surface area contributed by atoms with Crippen molar-refractivity contribution in [2.45, 2.75) is 19.4 Å². The Morgan fingerprint density at radius 2 is 2.04 bits per heavy atom. The summed E-state index contributed by atoms with van der Waals surface area (Å²) in [6.07, 6.45) is 4.54. The number of guanidine groups is 1. The molecule has 0 fully saturated rings. The fraction of sp³-hybridized carbons (Fsp3) is 0.500. The summed E-state index contributed by atoms with van der Waals surface area (Å²) in [4.78, 5) is 8.91. The van der Waals surface area contributed by atoms with E-state index in [-0.39, 0.29) is 24.0 Å². The fourth-order valence-electron chi connectivity index (χ4n) is 2.32. The first-order valence-electron chi connectivity index (χ1n) is 7.60. The van der Waals surface area contributed by atoms with E-state index in [0.29, 0.717) is 6.54 Å². The van der Waals surface area contributed by atoms with Crippen molar-refractivity contribution in [1.29, 1.82) is 0 Å². The van der Waals surface area contributed by atoms with Crippen molar-refractivity contribution < 1.29 is 0 Å². The second-order valence-electron chi connectivity index (χ2n) is 5.13. The van der Waals surface area contributed by atoms with E-state index < -0.39 is 0 Å². The third-order valence-corrected chi connectivity index (χ3v) is 4.28. The largest absolute Gasteiger partial charge is 0.356 e. The van der Waals surface area contributed by atoms with Crippen LogP contribution in [0.4, 0.5) is 0 Å². The van der Waals surface area contributed by atoms with E-state index in [1.807, 2.05) is 37.0 Å². The van der Waals surface area contributed by atoms with E-state index in [0.717, 1.165) is 35.8 Å². The van der Waals surface area contributed by atoms with Crippen molar-refractivity contribution in [2.75, 3.05) is 25.6 Å². The molecule has 0 amide bonds. The molecule has 1 aromatic carbocycles. The van der Waals surface area contributed by atoms with Gasteiger partial charge in [0.15, 0.2) is 5.96 Å². The van der Waals surface area contributed by atoms with Crippen molar-refractivity contribution in [3.8, 4) is 0 Å². The van der Waals surface area contributed by atoms with E-state index in [1.165, 1.54) is 12.2 Å². The second-order valence-corrected chi connectivity index (χ2v) is 6.11. The van der Waals surface area contributed by atoms with Gasteiger partial charge in [-0.3, -0.25) is 4.99 Å². The first kappa shape index (κ1) is 20.1. The van der Waals surface area contributed by atoms with Crippen LogP contribution in [0, 0.1) is 0 Å². The topological polar surface area (TPSA) is 54.2 Å². The Morgan fingerprint density at radius 3 is 2.74 bits per heavy atom. The van der Waals surface area contributed by atoms with Gasteiger partial charge in [-0.25, -0.2) is 4.98 Å². The van der Waals surface area contributed by atoms with Crippen LogP contribution in [0.5, 0.6) is 0 Å². The number of aryl methyl sites for hydroxylation is 1. The zero-order chi connectivity index (χ0) is 15.8. The van der Waals surface area contributed by atoms with Crippen molar-refractivity contribution in [2.24, 2.45) is 12.0 Å². The molecule has 5 nitrogen and oxygen atoms in total. The first-order valence-corrected chi connectivity index (χ1v) is 8.99. The summed E-state index contributed by atoms with van der Waals surface area (Å²) in [5.41, 5.74) is 2.18. The van der Waals surface area contributed by atoms with Crippen molar-refractivity contribution in [3.05, 3.63) is 30.1 Å². The number of aliphatic imine (C=N–C) groups is 1. The zero-order valence-corrected chi connectivity index (χ0v) is 17.1. The monoisotopic (exact) mass is 447 g/mol. The maximum atomic E-state index is 4.65. The quantitative estimate of drug-likeness (QED) is 0.297. The van der Waals surface area contributed by atoms with Gasteiger partial charge in [0.2, 0.25) is 0 Å². The van der Waals surface area contributed by atoms with Crippen molar-refractivity contribution in [1.82, 2.24) is 20.2 Å². The van der Waals surface area contributed by atoms with Crippen LogP contribution < -0.4 is 10.6 Å². The summed E-state index contributed by atoms with van der Waals surface area (Å²) in [6.45, 7) is 1.61. The molecule has 0 aliphatic carbocycles. The lowest BCUT2D eigenvalue weighted by Crippen LogP contribution is -2.37. The van der Waals surface area contributed by atoms with Crippen LogP contribution in [-0.2, 0) is 13.6 Å². The Morgan fingerprint density at radius 1 is 1.26 bits per heavy atom. The third-order valence-electron chi connectivity index (χ3n) is 3.59. The molecule has 1 heterocycles. The molecule has 0 saturated carbocycles. The SMILES string of the molecule is CN=C(NCCCCSC)NCc1nc2ccccc2n1C.I. The number of nitrogens with one attached hydrogen (secondary N) is 2. The van der Waals surface area contributed by atoms with Gasteiger partial charge < -0.3 is 15.2 Å². The Balaban J connectivity index is 0.00000264. The van der Waals surface area contributed by atoms with Crippen LogP contribution in [0.2, 0.25) is 0 Å². The molecule has 0 saturated heterocycles. The van der Waals surface area contributed by atoms with Gasteiger partial charge in [0.1, 0.15) is 5.82 Å². The minimum Gasteiger partial charge on any atom is -0.356 e. The number of fused-ring (bicyclic) bond motifs is 1. The van der Waals surface area contributed by atoms with E-state index in [4.69, 9.17) is 0 Å². The maximum absolute atomic E-state index is 4.65. The van der Waals surface area contributed by atoms with Gasteiger partial charge in [-0.15, -0.1) is 24.0 Å². The van der Waals surface area contributed by atoms with Crippen LogP contribution in [0.25, 0.3) is 11.0 Å². The molecule has 0 radical (unpaired) electrons. The van der Waals surface area contributed by atoms with Gasteiger partial charge in [0.05, 0.1) is 17.6 Å². The van der Waals surface area contributed by atoms with Crippen LogP contribution in [-0.4, -0.2) is 41.1 Å². The van der Waals surface area contributed by atoms with E-state index in [2.05, 4.69) is 37.5 Å². The summed E-state index contributed by atoms with van der Waals surface area (Å²) >= 11 is 1.89. The molecule has 128 valence electrons. The highest BCUT2D eigenvalue weighted by molar-refractivity contribution is 14.0. The molecule has 23 heavy (non-hydrogen) atoms. The number of hydrogen-bond donors (Lipinski definition) is 2. The standard InChI is InChI=1S/C16H25N5S.HI/c1-17-16(18-10-6-7-11-22-3)19-12-15-20-13-8-4-5-9-14(13)21(15)2;/h4-5,8-9H,6-7,10-12H2,1-3H3,(H2,17,18,19);1H. The highest BCUT2D eigenvalue weighted by Crippen LogP contribution is 2.13. The van der Waals surface area contributed by atoms with E-state index in [1.54, 1.807) is 7.05 Å². The first-order chi connectivity index (χ1) is 10.8. The molecule has 0 aliphatic rings. The normalized spacial score (nSPS) is 11.3. The Hall–Kier alpha value is -0.960. The molecule has 0 unspecified atom stereocenters. The molecule has 0 spiro atoms. The molecule has 0 atom stereocenters. The summed E-state index contributed by atoms with van der Waals surface area (Å²) in [7, 11) is 3.84. The zero-order valence-electron chi connectivity index (χ0n) is 14.0. The lowest BCUT2D eigenvalue weighted by atomic mass is 10.3. The Bertz CT molecular complexity index is 626. The lowest BCUT2D eigenvalue weighted by molar-refractivity contribution is 0.710. The molecule has 2 N–H and O–H groups in total. The van der Waals surface area contributed by atoms with Crippen LogP contribution in [0.15, 0.2) is 29.3 Å². The number of halogens is 1. The number of thioether (sulfide) groups is 1. The average molecular weight is 447 g/mol. The number of hydrogen-bond acceptors (Lipinski definition) is 3. The predicted octanol–water partition coefficient (Wildman–Crippen LogP) is 3.00. The Kier molecular flexibility index (Phi) is 9.39. The van der Waals surface area contributed by atoms with Crippen LogP contribution in [0.1, 0.15) is 18.7 Å². The second kappa shape index (κ2) is 10.7. The molecule has 2 rings (SSSR count).